The van der Waals surface area contributed by atoms with Crippen LogP contribution in [0.3, 0.4) is 0 Å². The van der Waals surface area contributed by atoms with Crippen LogP contribution >= 0.6 is 0 Å². The largest absolute Gasteiger partial charge is 0.462 e. The Morgan fingerprint density at radius 1 is 0.903 bits per heavy atom. The summed E-state index contributed by atoms with van der Waals surface area (Å²) in [4.78, 5) is 12.2. The molecule has 6 unspecified atom stereocenters. The maximum Gasteiger partial charge on any atom is 0.306 e. The molecular formula is C28H45NO2. The molecule has 0 heterocycles. The molecule has 4 fully saturated rings. The molecule has 0 aromatic carbocycles. The molecule has 0 radical (unpaired) electrons. The highest BCUT2D eigenvalue weighted by atomic mass is 16.5. The van der Waals surface area contributed by atoms with Crippen LogP contribution < -0.4 is 0 Å². The SMILES string of the molecule is CCCCC[C@@]1(C#N)CCC2C(CCC3C2CCC2C3CCC[C@H]2OC(=O)CCC)C1. The summed E-state index contributed by atoms with van der Waals surface area (Å²) in [5.41, 5.74) is -0.0240. The van der Waals surface area contributed by atoms with Gasteiger partial charge in [-0.1, -0.05) is 33.1 Å². The van der Waals surface area contributed by atoms with Crippen molar-refractivity contribution in [1.29, 1.82) is 5.26 Å². The summed E-state index contributed by atoms with van der Waals surface area (Å²) < 4.78 is 6.00. The second-order valence-corrected chi connectivity index (χ2v) is 11.5. The Morgan fingerprint density at radius 3 is 2.42 bits per heavy atom. The minimum absolute atomic E-state index is 0.0240. The Bertz CT molecular complexity index is 654. The van der Waals surface area contributed by atoms with Gasteiger partial charge in [0.2, 0.25) is 0 Å². The predicted molar refractivity (Wildman–Crippen MR) is 124 cm³/mol. The lowest BCUT2D eigenvalue weighted by Gasteiger charge is -2.56. The number of unbranched alkanes of at least 4 members (excludes halogenated alkanes) is 2. The van der Waals surface area contributed by atoms with Gasteiger partial charge in [-0.25, -0.2) is 0 Å². The second-order valence-electron chi connectivity index (χ2n) is 11.5. The topological polar surface area (TPSA) is 50.1 Å². The average molecular weight is 428 g/mol. The third-order valence-corrected chi connectivity index (χ3v) is 9.86. The van der Waals surface area contributed by atoms with Crippen molar-refractivity contribution in [1.82, 2.24) is 0 Å². The molecule has 3 heteroatoms. The van der Waals surface area contributed by atoms with Crippen LogP contribution in [0, 0.1) is 52.3 Å². The number of carbonyl (C=O) groups is 1. The van der Waals surface area contributed by atoms with Gasteiger partial charge in [-0.05, 0) is 113 Å². The Kier molecular flexibility index (Phi) is 7.66. The van der Waals surface area contributed by atoms with Gasteiger partial charge in [0.05, 0.1) is 11.5 Å². The summed E-state index contributed by atoms with van der Waals surface area (Å²) in [6.45, 7) is 4.32. The lowest BCUT2D eigenvalue weighted by atomic mass is 9.49. The smallest absolute Gasteiger partial charge is 0.306 e. The van der Waals surface area contributed by atoms with Gasteiger partial charge in [-0.3, -0.25) is 4.79 Å². The quantitative estimate of drug-likeness (QED) is 0.313. The maximum absolute atomic E-state index is 12.2. The number of carbonyl (C=O) groups excluding carboxylic acids is 1. The zero-order valence-electron chi connectivity index (χ0n) is 20.1. The van der Waals surface area contributed by atoms with E-state index >= 15 is 0 Å². The molecule has 4 rings (SSSR count). The number of esters is 1. The highest BCUT2D eigenvalue weighted by Gasteiger charge is 2.53. The average Bonchev–Trinajstić information content (AvgIpc) is 2.79. The van der Waals surface area contributed by atoms with Crippen molar-refractivity contribution < 1.29 is 9.53 Å². The van der Waals surface area contributed by atoms with Crippen LogP contribution in [-0.2, 0) is 9.53 Å². The molecule has 4 aliphatic carbocycles. The van der Waals surface area contributed by atoms with E-state index in [1.54, 1.807) is 0 Å². The molecule has 3 nitrogen and oxygen atoms in total. The molecule has 0 N–H and O–H groups in total. The van der Waals surface area contributed by atoms with Crippen LogP contribution in [0.2, 0.25) is 0 Å². The van der Waals surface area contributed by atoms with Gasteiger partial charge >= 0.3 is 5.97 Å². The number of hydrogen-bond donors (Lipinski definition) is 0. The normalized spacial score (nSPS) is 41.9. The lowest BCUT2D eigenvalue weighted by molar-refractivity contribution is -0.161. The number of ether oxygens (including phenoxy) is 1. The van der Waals surface area contributed by atoms with E-state index < -0.39 is 0 Å². The van der Waals surface area contributed by atoms with Crippen molar-refractivity contribution in [2.75, 3.05) is 0 Å². The molecule has 0 aliphatic heterocycles. The Morgan fingerprint density at radius 2 is 1.65 bits per heavy atom. The molecule has 0 bridgehead atoms. The molecule has 0 amide bonds. The Labute approximate surface area is 190 Å². The number of nitrogens with zero attached hydrogens (tertiary/aromatic N) is 1. The van der Waals surface area contributed by atoms with Crippen LogP contribution in [-0.4, -0.2) is 12.1 Å². The number of nitriles is 1. The van der Waals surface area contributed by atoms with E-state index in [2.05, 4.69) is 19.9 Å². The number of rotatable bonds is 7. The van der Waals surface area contributed by atoms with Gasteiger partial charge in [0.1, 0.15) is 6.10 Å². The van der Waals surface area contributed by atoms with Crippen molar-refractivity contribution in [2.45, 2.75) is 123 Å². The van der Waals surface area contributed by atoms with Gasteiger partial charge in [-0.2, -0.15) is 5.26 Å². The van der Waals surface area contributed by atoms with Gasteiger partial charge in [0, 0.05) is 6.42 Å². The van der Waals surface area contributed by atoms with Gasteiger partial charge < -0.3 is 4.74 Å². The summed E-state index contributed by atoms with van der Waals surface area (Å²) in [5.74, 6) is 4.79. The van der Waals surface area contributed by atoms with Crippen LogP contribution in [0.5, 0.6) is 0 Å². The zero-order valence-corrected chi connectivity index (χ0v) is 20.1. The van der Waals surface area contributed by atoms with E-state index in [1.165, 1.54) is 70.6 Å². The molecule has 8 atom stereocenters. The number of fused-ring (bicyclic) bond motifs is 5. The monoisotopic (exact) mass is 427 g/mol. The van der Waals surface area contributed by atoms with Crippen molar-refractivity contribution >= 4 is 5.97 Å². The molecule has 4 saturated carbocycles. The van der Waals surface area contributed by atoms with Crippen LogP contribution in [0.25, 0.3) is 0 Å². The fraction of sp³-hybridized carbons (Fsp3) is 0.929. The Balaban J connectivity index is 1.40. The maximum atomic E-state index is 12.2. The Hall–Kier alpha value is -1.04. The first-order valence-electron chi connectivity index (χ1n) is 13.7. The fourth-order valence-corrected chi connectivity index (χ4v) is 8.46. The van der Waals surface area contributed by atoms with Crippen LogP contribution in [0.1, 0.15) is 117 Å². The minimum atomic E-state index is -0.0240. The van der Waals surface area contributed by atoms with Crippen molar-refractivity contribution in [3.63, 3.8) is 0 Å². The third-order valence-electron chi connectivity index (χ3n) is 9.86. The van der Waals surface area contributed by atoms with E-state index in [9.17, 15) is 10.1 Å². The van der Waals surface area contributed by atoms with E-state index in [0.717, 1.165) is 55.3 Å². The summed E-state index contributed by atoms with van der Waals surface area (Å²) in [5, 5.41) is 10.1. The first kappa shape index (κ1) is 23.1. The predicted octanol–water partition coefficient (Wildman–Crippen LogP) is 7.44. The summed E-state index contributed by atoms with van der Waals surface area (Å²) in [7, 11) is 0. The number of hydrogen-bond acceptors (Lipinski definition) is 3. The van der Waals surface area contributed by atoms with Gasteiger partial charge in [0.15, 0.2) is 0 Å². The highest BCUT2D eigenvalue weighted by Crippen LogP contribution is 2.60. The molecule has 0 aromatic heterocycles. The lowest BCUT2D eigenvalue weighted by Crippen LogP contribution is -2.50. The van der Waals surface area contributed by atoms with Crippen LogP contribution in [0.4, 0.5) is 0 Å². The molecule has 174 valence electrons. The van der Waals surface area contributed by atoms with Crippen LogP contribution in [0.15, 0.2) is 0 Å². The molecule has 4 aliphatic rings. The third kappa shape index (κ3) is 4.84. The van der Waals surface area contributed by atoms with E-state index in [1.807, 2.05) is 0 Å². The van der Waals surface area contributed by atoms with E-state index in [-0.39, 0.29) is 17.5 Å². The van der Waals surface area contributed by atoms with E-state index in [0.29, 0.717) is 12.3 Å². The van der Waals surface area contributed by atoms with Gasteiger partial charge in [-0.15, -0.1) is 0 Å². The zero-order chi connectivity index (χ0) is 21.8. The van der Waals surface area contributed by atoms with E-state index in [4.69, 9.17) is 4.74 Å². The highest BCUT2D eigenvalue weighted by molar-refractivity contribution is 5.69. The van der Waals surface area contributed by atoms with Crippen molar-refractivity contribution in [3.8, 4) is 6.07 Å². The second kappa shape index (κ2) is 10.3. The summed E-state index contributed by atoms with van der Waals surface area (Å²) in [6, 6.07) is 2.81. The fourth-order valence-electron chi connectivity index (χ4n) is 8.46. The molecule has 0 spiro atoms. The molecular weight excluding hydrogens is 382 g/mol. The van der Waals surface area contributed by atoms with Crippen molar-refractivity contribution in [2.24, 2.45) is 40.9 Å². The first-order valence-corrected chi connectivity index (χ1v) is 13.7. The molecule has 0 aromatic rings. The van der Waals surface area contributed by atoms with Gasteiger partial charge in [0.25, 0.3) is 0 Å². The standard InChI is InChI=1S/C28H45NO2/c1-3-5-6-16-28(19-29)17-15-21-20(18-28)11-12-24-22-9-7-10-26(31-27(30)8-4-2)25(22)14-13-23(21)24/h20-26H,3-18H2,1-2H3/t20?,21?,22?,23?,24?,25?,26-,28-/m1/s1. The summed E-state index contributed by atoms with van der Waals surface area (Å²) in [6.07, 6.45) is 19.1. The minimum Gasteiger partial charge on any atom is -0.462 e. The first-order chi connectivity index (χ1) is 15.1. The molecule has 0 saturated heterocycles. The molecule has 31 heavy (non-hydrogen) atoms. The summed E-state index contributed by atoms with van der Waals surface area (Å²) >= 11 is 0. The van der Waals surface area contributed by atoms with Crippen molar-refractivity contribution in [3.05, 3.63) is 0 Å².